The number of para-hydroxylation sites is 4. The zero-order valence-electron chi connectivity index (χ0n) is 14.1. The van der Waals surface area contributed by atoms with Gasteiger partial charge in [0.1, 0.15) is 13.2 Å². The molecule has 138 valence electrons. The van der Waals surface area contributed by atoms with E-state index < -0.39 is 6.29 Å². The molecule has 0 radical (unpaired) electrons. The summed E-state index contributed by atoms with van der Waals surface area (Å²) in [5.74, 6) is 1.04. The molecule has 0 heterocycles. The molecule has 2 aromatic carbocycles. The Morgan fingerprint density at radius 1 is 0.720 bits per heavy atom. The predicted octanol–water partition coefficient (Wildman–Crippen LogP) is 2.11. The fourth-order valence-corrected chi connectivity index (χ4v) is 1.94. The van der Waals surface area contributed by atoms with Crippen molar-refractivity contribution < 1.29 is 34.6 Å². The Bertz CT molecular complexity index is 564. The molecular weight excluding hydrogens is 328 g/mol. The first-order chi connectivity index (χ1) is 11.7. The van der Waals surface area contributed by atoms with Crippen LogP contribution in [-0.2, 0) is 9.47 Å². The average Bonchev–Trinajstić information content (AvgIpc) is 2.58. The molecule has 0 saturated carbocycles. The number of hydrogen-bond donors (Lipinski definition) is 2. The summed E-state index contributed by atoms with van der Waals surface area (Å²) < 4.78 is 21.7. The van der Waals surface area contributed by atoms with Gasteiger partial charge in [0.2, 0.25) is 0 Å². The standard InChI is InChI=1S/C18H22O6.H2O/c1-14(21-10-12-23-17-8-4-2-6-15(17)19)22-11-13-24-18-9-5-3-7-16(18)20;/h2-9,14,19-20H,10-13H2,1H3;1H2. The molecule has 0 aromatic heterocycles. The van der Waals surface area contributed by atoms with E-state index in [9.17, 15) is 10.2 Å². The van der Waals surface area contributed by atoms with E-state index in [1.54, 1.807) is 55.5 Å². The molecule has 0 aliphatic heterocycles. The summed E-state index contributed by atoms with van der Waals surface area (Å²) in [4.78, 5) is 0. The van der Waals surface area contributed by atoms with Crippen molar-refractivity contribution in [2.45, 2.75) is 13.2 Å². The molecule has 4 N–H and O–H groups in total. The quantitative estimate of drug-likeness (QED) is 0.501. The molecule has 7 heteroatoms. The van der Waals surface area contributed by atoms with Crippen molar-refractivity contribution in [2.75, 3.05) is 26.4 Å². The van der Waals surface area contributed by atoms with Crippen molar-refractivity contribution in [1.82, 2.24) is 0 Å². The van der Waals surface area contributed by atoms with Crippen LogP contribution >= 0.6 is 0 Å². The maximum Gasteiger partial charge on any atom is 0.161 e. The lowest BCUT2D eigenvalue weighted by atomic mass is 10.3. The minimum atomic E-state index is -0.411. The van der Waals surface area contributed by atoms with Crippen LogP contribution in [0.15, 0.2) is 48.5 Å². The van der Waals surface area contributed by atoms with E-state index in [2.05, 4.69) is 0 Å². The molecule has 2 rings (SSSR count). The minimum Gasteiger partial charge on any atom is -0.504 e. The molecule has 0 fully saturated rings. The highest BCUT2D eigenvalue weighted by Crippen LogP contribution is 2.24. The van der Waals surface area contributed by atoms with Crippen LogP contribution in [0.4, 0.5) is 0 Å². The second-order valence-electron chi connectivity index (χ2n) is 4.94. The predicted molar refractivity (Wildman–Crippen MR) is 92.2 cm³/mol. The molecule has 0 bridgehead atoms. The summed E-state index contributed by atoms with van der Waals surface area (Å²) in [6.45, 7) is 3.05. The molecule has 2 aromatic rings. The van der Waals surface area contributed by atoms with E-state index >= 15 is 0 Å². The normalized spacial score (nSPS) is 10.3. The third-order valence-electron chi connectivity index (χ3n) is 3.12. The maximum atomic E-state index is 9.55. The van der Waals surface area contributed by atoms with Crippen molar-refractivity contribution in [2.24, 2.45) is 0 Å². The van der Waals surface area contributed by atoms with Gasteiger partial charge in [-0.1, -0.05) is 24.3 Å². The number of ether oxygens (including phenoxy) is 4. The average molecular weight is 352 g/mol. The fourth-order valence-electron chi connectivity index (χ4n) is 1.94. The Labute approximate surface area is 146 Å². The number of hydrogen-bond acceptors (Lipinski definition) is 6. The summed E-state index contributed by atoms with van der Waals surface area (Å²) in [7, 11) is 0. The van der Waals surface area contributed by atoms with Gasteiger partial charge < -0.3 is 34.6 Å². The van der Waals surface area contributed by atoms with Crippen molar-refractivity contribution in [3.05, 3.63) is 48.5 Å². The number of phenolic OH excluding ortho intramolecular Hbond substituents is 2. The largest absolute Gasteiger partial charge is 0.504 e. The highest BCUT2D eigenvalue weighted by atomic mass is 16.7. The molecule has 0 aliphatic rings. The molecule has 0 spiro atoms. The zero-order chi connectivity index (χ0) is 17.2. The van der Waals surface area contributed by atoms with Gasteiger partial charge in [0.25, 0.3) is 0 Å². The van der Waals surface area contributed by atoms with Gasteiger partial charge in [0, 0.05) is 0 Å². The SMILES string of the molecule is CC(OCCOc1ccccc1O)OCCOc1ccccc1O.O. The third-order valence-corrected chi connectivity index (χ3v) is 3.12. The van der Waals surface area contributed by atoms with E-state index in [1.165, 1.54) is 0 Å². The van der Waals surface area contributed by atoms with Gasteiger partial charge >= 0.3 is 0 Å². The van der Waals surface area contributed by atoms with Crippen LogP contribution in [0.2, 0.25) is 0 Å². The molecule has 0 saturated heterocycles. The fraction of sp³-hybridized carbons (Fsp3) is 0.333. The third kappa shape index (κ3) is 7.30. The van der Waals surface area contributed by atoms with Gasteiger partial charge in [-0.15, -0.1) is 0 Å². The van der Waals surface area contributed by atoms with Gasteiger partial charge in [0.15, 0.2) is 29.3 Å². The summed E-state index contributed by atoms with van der Waals surface area (Å²) in [5.41, 5.74) is 0. The molecule has 0 atom stereocenters. The van der Waals surface area contributed by atoms with Crippen LogP contribution in [0, 0.1) is 0 Å². The summed E-state index contributed by atoms with van der Waals surface area (Å²) >= 11 is 0. The highest BCUT2D eigenvalue weighted by Gasteiger charge is 2.05. The summed E-state index contributed by atoms with van der Waals surface area (Å²) in [5, 5.41) is 19.1. The Morgan fingerprint density at radius 2 is 1.12 bits per heavy atom. The van der Waals surface area contributed by atoms with Crippen LogP contribution in [0.1, 0.15) is 6.92 Å². The van der Waals surface area contributed by atoms with Gasteiger partial charge in [-0.2, -0.15) is 0 Å². The number of phenols is 2. The molecule has 0 unspecified atom stereocenters. The van der Waals surface area contributed by atoms with Crippen LogP contribution in [0.25, 0.3) is 0 Å². The lowest BCUT2D eigenvalue weighted by molar-refractivity contribution is -0.138. The Balaban J connectivity index is 0.00000312. The molecule has 7 nitrogen and oxygen atoms in total. The van der Waals surface area contributed by atoms with Crippen LogP contribution < -0.4 is 9.47 Å². The maximum absolute atomic E-state index is 9.55. The van der Waals surface area contributed by atoms with Gasteiger partial charge in [0.05, 0.1) is 13.2 Å². The van der Waals surface area contributed by atoms with E-state index in [-0.39, 0.29) is 17.0 Å². The minimum absolute atomic E-state index is 0. The van der Waals surface area contributed by atoms with E-state index in [0.29, 0.717) is 37.9 Å². The van der Waals surface area contributed by atoms with Gasteiger partial charge in [-0.25, -0.2) is 0 Å². The van der Waals surface area contributed by atoms with Crippen LogP contribution in [0.5, 0.6) is 23.0 Å². The van der Waals surface area contributed by atoms with E-state index in [0.717, 1.165) is 0 Å². The first-order valence-corrected chi connectivity index (χ1v) is 7.71. The number of aromatic hydroxyl groups is 2. The summed E-state index contributed by atoms with van der Waals surface area (Å²) in [6, 6.07) is 13.5. The van der Waals surface area contributed by atoms with E-state index in [1.807, 2.05) is 0 Å². The van der Waals surface area contributed by atoms with Gasteiger partial charge in [-0.05, 0) is 31.2 Å². The Kier molecular flexibility index (Phi) is 9.16. The van der Waals surface area contributed by atoms with Crippen molar-refractivity contribution >= 4 is 0 Å². The first-order valence-electron chi connectivity index (χ1n) is 7.71. The second-order valence-corrected chi connectivity index (χ2v) is 4.94. The van der Waals surface area contributed by atoms with Crippen LogP contribution in [0.3, 0.4) is 0 Å². The lowest BCUT2D eigenvalue weighted by Gasteiger charge is -2.15. The topological polar surface area (TPSA) is 109 Å². The molecule has 0 amide bonds. The van der Waals surface area contributed by atoms with Crippen molar-refractivity contribution in [1.29, 1.82) is 0 Å². The zero-order valence-corrected chi connectivity index (χ0v) is 14.1. The molecule has 25 heavy (non-hydrogen) atoms. The Morgan fingerprint density at radius 3 is 1.52 bits per heavy atom. The highest BCUT2D eigenvalue weighted by molar-refractivity contribution is 5.38. The van der Waals surface area contributed by atoms with Gasteiger partial charge in [-0.3, -0.25) is 0 Å². The molecular formula is C18H24O7. The summed E-state index contributed by atoms with van der Waals surface area (Å²) in [6.07, 6.45) is -0.411. The van der Waals surface area contributed by atoms with Crippen LogP contribution in [-0.4, -0.2) is 48.4 Å². The first kappa shape index (κ1) is 20.6. The number of rotatable bonds is 10. The smallest absolute Gasteiger partial charge is 0.161 e. The monoisotopic (exact) mass is 352 g/mol. The van der Waals surface area contributed by atoms with Crippen molar-refractivity contribution in [3.8, 4) is 23.0 Å². The molecule has 0 aliphatic carbocycles. The van der Waals surface area contributed by atoms with E-state index in [4.69, 9.17) is 18.9 Å². The lowest BCUT2D eigenvalue weighted by Crippen LogP contribution is -2.20. The Hall–Kier alpha value is -2.48. The van der Waals surface area contributed by atoms with Crippen molar-refractivity contribution in [3.63, 3.8) is 0 Å². The second kappa shape index (κ2) is 11.1. The number of benzene rings is 2.